The maximum absolute atomic E-state index is 13.4. The standard InChI is InChI=1S/C25H27N5O3/c1-15-16(2)24-20(25(32)30(14-27-24)22-13-33-7-6-23(22)31)9-18(15)8-17-4-5-21(26-10-17)19-11-28-29(3)12-19/h4-5,9-12,14,22-23,31H,6-8,13H2,1-3H3/t22-,23-/m0/s1. The molecule has 1 N–H and O–H groups in total. The zero-order valence-electron chi connectivity index (χ0n) is 19.0. The van der Waals surface area contributed by atoms with Crippen molar-refractivity contribution in [2.75, 3.05) is 13.2 Å². The molecule has 0 aliphatic carbocycles. The Labute approximate surface area is 191 Å². The molecule has 8 heteroatoms. The van der Waals surface area contributed by atoms with Gasteiger partial charge in [-0.1, -0.05) is 6.07 Å². The largest absolute Gasteiger partial charge is 0.391 e. The third-order valence-corrected chi connectivity index (χ3v) is 6.62. The normalized spacial score (nSPS) is 18.7. The first kappa shape index (κ1) is 21.5. The average Bonchev–Trinajstić information content (AvgIpc) is 3.25. The molecule has 0 spiro atoms. The summed E-state index contributed by atoms with van der Waals surface area (Å²) in [5.41, 5.74) is 6.63. The number of aliphatic hydroxyl groups is 1. The van der Waals surface area contributed by atoms with Gasteiger partial charge in [0.25, 0.3) is 5.56 Å². The molecule has 2 atom stereocenters. The van der Waals surface area contributed by atoms with Gasteiger partial charge in [0.05, 0.1) is 47.9 Å². The first-order valence-electron chi connectivity index (χ1n) is 11.1. The number of aromatic nitrogens is 5. The maximum atomic E-state index is 13.4. The molecule has 5 rings (SSSR count). The minimum atomic E-state index is -0.619. The highest BCUT2D eigenvalue weighted by atomic mass is 16.5. The third-order valence-electron chi connectivity index (χ3n) is 6.62. The fourth-order valence-corrected chi connectivity index (χ4v) is 4.48. The molecule has 1 aliphatic heterocycles. The molecular weight excluding hydrogens is 418 g/mol. The van der Waals surface area contributed by atoms with Gasteiger partial charge in [0.1, 0.15) is 0 Å². The van der Waals surface area contributed by atoms with Crippen LogP contribution in [0.25, 0.3) is 22.2 Å². The number of hydrogen-bond acceptors (Lipinski definition) is 6. The number of nitrogens with zero attached hydrogens (tertiary/aromatic N) is 5. The molecule has 1 saturated heterocycles. The second-order valence-corrected chi connectivity index (χ2v) is 8.77. The van der Waals surface area contributed by atoms with Crippen LogP contribution in [0.2, 0.25) is 0 Å². The first-order valence-corrected chi connectivity index (χ1v) is 11.1. The number of ether oxygens (including phenoxy) is 1. The van der Waals surface area contributed by atoms with Crippen molar-refractivity contribution in [1.29, 1.82) is 0 Å². The van der Waals surface area contributed by atoms with E-state index in [4.69, 9.17) is 4.74 Å². The molecule has 1 fully saturated rings. The summed E-state index contributed by atoms with van der Waals surface area (Å²) in [5.74, 6) is 0. The quantitative estimate of drug-likeness (QED) is 0.519. The van der Waals surface area contributed by atoms with E-state index in [9.17, 15) is 9.90 Å². The summed E-state index contributed by atoms with van der Waals surface area (Å²) in [7, 11) is 1.88. The predicted octanol–water partition coefficient (Wildman–Crippen LogP) is 2.72. The van der Waals surface area contributed by atoms with Gasteiger partial charge in [-0.05, 0) is 61.1 Å². The van der Waals surface area contributed by atoms with Crippen LogP contribution in [-0.4, -0.2) is 48.7 Å². The Morgan fingerprint density at radius 2 is 2.03 bits per heavy atom. The second kappa shape index (κ2) is 8.53. The molecule has 33 heavy (non-hydrogen) atoms. The highest BCUT2D eigenvalue weighted by Crippen LogP contribution is 2.26. The van der Waals surface area contributed by atoms with Crippen LogP contribution in [0.4, 0.5) is 0 Å². The summed E-state index contributed by atoms with van der Waals surface area (Å²) in [4.78, 5) is 22.6. The van der Waals surface area contributed by atoms with Crippen molar-refractivity contribution < 1.29 is 9.84 Å². The zero-order valence-corrected chi connectivity index (χ0v) is 19.0. The second-order valence-electron chi connectivity index (χ2n) is 8.77. The highest BCUT2D eigenvalue weighted by Gasteiger charge is 2.27. The Balaban J connectivity index is 1.51. The van der Waals surface area contributed by atoms with Crippen LogP contribution < -0.4 is 5.56 Å². The summed E-state index contributed by atoms with van der Waals surface area (Å²) < 4.78 is 8.78. The molecule has 3 aromatic heterocycles. The Bertz CT molecular complexity index is 1370. The van der Waals surface area contributed by atoms with Crippen LogP contribution in [0.5, 0.6) is 0 Å². The van der Waals surface area contributed by atoms with Crippen LogP contribution in [0.15, 0.2) is 47.9 Å². The lowest BCUT2D eigenvalue weighted by Gasteiger charge is -2.29. The van der Waals surface area contributed by atoms with Gasteiger partial charge >= 0.3 is 0 Å². The number of fused-ring (bicyclic) bond motifs is 1. The highest BCUT2D eigenvalue weighted by molar-refractivity contribution is 5.83. The molecule has 4 heterocycles. The number of aliphatic hydroxyl groups excluding tert-OH is 1. The predicted molar refractivity (Wildman–Crippen MR) is 125 cm³/mol. The zero-order chi connectivity index (χ0) is 23.1. The first-order chi connectivity index (χ1) is 15.9. The smallest absolute Gasteiger partial charge is 0.261 e. The molecule has 1 aromatic carbocycles. The fraction of sp³-hybridized carbons (Fsp3) is 0.360. The Morgan fingerprint density at radius 3 is 2.73 bits per heavy atom. The van der Waals surface area contributed by atoms with Gasteiger partial charge in [-0.3, -0.25) is 19.0 Å². The van der Waals surface area contributed by atoms with Crippen molar-refractivity contribution in [1.82, 2.24) is 24.3 Å². The molecule has 0 bridgehead atoms. The molecule has 0 amide bonds. The summed E-state index contributed by atoms with van der Waals surface area (Å²) in [6.45, 7) is 4.87. The van der Waals surface area contributed by atoms with Crippen LogP contribution in [0.1, 0.15) is 34.7 Å². The van der Waals surface area contributed by atoms with Crippen molar-refractivity contribution in [3.8, 4) is 11.3 Å². The van der Waals surface area contributed by atoms with Gasteiger partial charge < -0.3 is 9.84 Å². The molecule has 0 radical (unpaired) electrons. The summed E-state index contributed by atoms with van der Waals surface area (Å²) in [6.07, 6.45) is 7.70. The Kier molecular flexibility index (Phi) is 5.55. The number of hydrogen-bond donors (Lipinski definition) is 1. The molecule has 0 saturated carbocycles. The van der Waals surface area contributed by atoms with Crippen LogP contribution in [0, 0.1) is 13.8 Å². The topological polar surface area (TPSA) is 95.1 Å². The van der Waals surface area contributed by atoms with E-state index in [1.807, 2.05) is 38.5 Å². The van der Waals surface area contributed by atoms with Crippen LogP contribution >= 0.6 is 0 Å². The van der Waals surface area contributed by atoms with E-state index in [-0.39, 0.29) is 5.56 Å². The SMILES string of the molecule is Cc1c(Cc2ccc(-c3cnn(C)c3)nc2)cc2c(=O)n([C@H]3COCC[C@@H]3O)cnc2c1C. The number of rotatable bonds is 4. The molecule has 0 unspecified atom stereocenters. The summed E-state index contributed by atoms with van der Waals surface area (Å²) in [5, 5.41) is 15.2. The number of pyridine rings is 1. The molecule has 1 aliphatic rings. The van der Waals surface area contributed by atoms with E-state index in [1.54, 1.807) is 17.2 Å². The number of benzene rings is 1. The fourth-order valence-electron chi connectivity index (χ4n) is 4.48. The van der Waals surface area contributed by atoms with E-state index < -0.39 is 12.1 Å². The molecule has 170 valence electrons. The Morgan fingerprint density at radius 1 is 1.18 bits per heavy atom. The lowest BCUT2D eigenvalue weighted by atomic mass is 9.95. The van der Waals surface area contributed by atoms with Gasteiger partial charge in [-0.2, -0.15) is 5.10 Å². The average molecular weight is 446 g/mol. The Hall–Kier alpha value is -3.36. The van der Waals surface area contributed by atoms with Crippen LogP contribution in [-0.2, 0) is 18.2 Å². The molecular formula is C25H27N5O3. The van der Waals surface area contributed by atoms with Crippen molar-refractivity contribution in [2.45, 2.75) is 38.8 Å². The molecule has 8 nitrogen and oxygen atoms in total. The van der Waals surface area contributed by atoms with Gasteiger partial charge in [0.15, 0.2) is 0 Å². The lowest BCUT2D eigenvalue weighted by Crippen LogP contribution is -2.39. The van der Waals surface area contributed by atoms with E-state index in [0.29, 0.717) is 37.0 Å². The van der Waals surface area contributed by atoms with E-state index in [0.717, 1.165) is 33.5 Å². The lowest BCUT2D eigenvalue weighted by molar-refractivity contribution is -0.0303. The van der Waals surface area contributed by atoms with Crippen LogP contribution in [0.3, 0.4) is 0 Å². The maximum Gasteiger partial charge on any atom is 0.261 e. The van der Waals surface area contributed by atoms with Crippen molar-refractivity contribution in [2.24, 2.45) is 7.05 Å². The summed E-state index contributed by atoms with van der Waals surface area (Å²) >= 11 is 0. The van der Waals surface area contributed by atoms with Gasteiger partial charge in [0.2, 0.25) is 0 Å². The van der Waals surface area contributed by atoms with Crippen molar-refractivity contribution in [3.63, 3.8) is 0 Å². The molecule has 4 aromatic rings. The minimum Gasteiger partial charge on any atom is -0.391 e. The summed E-state index contributed by atoms with van der Waals surface area (Å²) in [6, 6.07) is 5.58. The van der Waals surface area contributed by atoms with Crippen molar-refractivity contribution in [3.05, 3.63) is 75.7 Å². The third kappa shape index (κ3) is 3.96. The number of aryl methyl sites for hydroxylation is 2. The monoisotopic (exact) mass is 445 g/mol. The van der Waals surface area contributed by atoms with Gasteiger partial charge in [0, 0.05) is 31.6 Å². The van der Waals surface area contributed by atoms with Gasteiger partial charge in [-0.25, -0.2) is 4.98 Å². The van der Waals surface area contributed by atoms with E-state index in [1.165, 1.54) is 4.57 Å². The van der Waals surface area contributed by atoms with E-state index in [2.05, 4.69) is 28.1 Å². The van der Waals surface area contributed by atoms with E-state index >= 15 is 0 Å². The van der Waals surface area contributed by atoms with Crippen molar-refractivity contribution >= 4 is 10.9 Å². The minimum absolute atomic E-state index is 0.149. The van der Waals surface area contributed by atoms with Gasteiger partial charge in [-0.15, -0.1) is 0 Å².